The number of fused-ring (bicyclic) bond motifs is 3. The average Bonchev–Trinajstić information content (AvgIpc) is 2.76. The Balaban J connectivity index is 1.68. The van der Waals surface area contributed by atoms with Gasteiger partial charge in [0.25, 0.3) is 0 Å². The molecular weight excluding hydrogens is 397 g/mol. The molecule has 0 N–H and O–H groups in total. The Morgan fingerprint density at radius 2 is 1.73 bits per heavy atom. The maximum absolute atomic E-state index is 13.3. The Bertz CT molecular complexity index is 1250. The molecule has 5 rings (SSSR count). The number of hydrogen-bond donors (Lipinski definition) is 0. The lowest BCUT2D eigenvalue weighted by atomic mass is 9.81. The average molecular weight is 416 g/mol. The second-order valence-corrected chi connectivity index (χ2v) is 8.07. The summed E-state index contributed by atoms with van der Waals surface area (Å²) in [7, 11) is 0. The molecule has 148 valence electrons. The van der Waals surface area contributed by atoms with Crippen molar-refractivity contribution in [2.75, 3.05) is 4.90 Å². The van der Waals surface area contributed by atoms with Gasteiger partial charge in [0.15, 0.2) is 0 Å². The summed E-state index contributed by atoms with van der Waals surface area (Å²) in [5.74, 6) is -0.301. The topological polar surface area (TPSA) is 20.3 Å². The molecule has 2 nitrogen and oxygen atoms in total. The van der Waals surface area contributed by atoms with Crippen LogP contribution in [0.1, 0.15) is 29.0 Å². The molecule has 0 saturated carbocycles. The van der Waals surface area contributed by atoms with Crippen LogP contribution in [-0.2, 0) is 11.3 Å². The summed E-state index contributed by atoms with van der Waals surface area (Å²) < 4.78 is 13.3. The van der Waals surface area contributed by atoms with E-state index in [9.17, 15) is 9.18 Å². The fourth-order valence-corrected chi connectivity index (χ4v) is 4.56. The van der Waals surface area contributed by atoms with Crippen LogP contribution < -0.4 is 4.90 Å². The molecule has 1 aliphatic rings. The van der Waals surface area contributed by atoms with Gasteiger partial charge in [0.2, 0.25) is 5.91 Å². The van der Waals surface area contributed by atoms with Gasteiger partial charge >= 0.3 is 0 Å². The van der Waals surface area contributed by atoms with Crippen molar-refractivity contribution in [2.45, 2.75) is 18.9 Å². The van der Waals surface area contributed by atoms with E-state index in [4.69, 9.17) is 11.6 Å². The van der Waals surface area contributed by atoms with Gasteiger partial charge in [0.05, 0.1) is 6.54 Å². The second kappa shape index (κ2) is 7.58. The second-order valence-electron chi connectivity index (χ2n) is 7.64. The van der Waals surface area contributed by atoms with Crippen molar-refractivity contribution in [3.63, 3.8) is 0 Å². The van der Waals surface area contributed by atoms with Crippen LogP contribution in [0.2, 0.25) is 5.02 Å². The van der Waals surface area contributed by atoms with E-state index in [0.717, 1.165) is 33.2 Å². The Kier molecular flexibility index (Phi) is 4.76. The number of carbonyl (C=O) groups is 1. The monoisotopic (exact) mass is 415 g/mol. The lowest BCUT2D eigenvalue weighted by molar-refractivity contribution is -0.119. The Morgan fingerprint density at radius 3 is 2.53 bits per heavy atom. The first-order chi connectivity index (χ1) is 14.6. The smallest absolute Gasteiger partial charge is 0.228 e. The van der Waals surface area contributed by atoms with Gasteiger partial charge in [-0.2, -0.15) is 0 Å². The van der Waals surface area contributed by atoms with Crippen LogP contribution in [0.5, 0.6) is 0 Å². The van der Waals surface area contributed by atoms with Gasteiger partial charge in [0.1, 0.15) is 5.82 Å². The molecule has 4 heteroatoms. The molecule has 0 radical (unpaired) electrons. The minimum atomic E-state index is -0.281. The van der Waals surface area contributed by atoms with Crippen molar-refractivity contribution in [3.8, 4) is 0 Å². The summed E-state index contributed by atoms with van der Waals surface area (Å²) >= 11 is 6.27. The van der Waals surface area contributed by atoms with Crippen molar-refractivity contribution in [3.05, 3.63) is 112 Å². The summed E-state index contributed by atoms with van der Waals surface area (Å²) in [6.45, 7) is 0.409. The molecule has 0 aliphatic carbocycles. The highest BCUT2D eigenvalue weighted by Gasteiger charge is 2.33. The van der Waals surface area contributed by atoms with Crippen molar-refractivity contribution in [1.29, 1.82) is 0 Å². The molecule has 4 aromatic carbocycles. The first kappa shape index (κ1) is 18.8. The van der Waals surface area contributed by atoms with Crippen molar-refractivity contribution in [1.82, 2.24) is 0 Å². The molecule has 4 aromatic rings. The van der Waals surface area contributed by atoms with Crippen LogP contribution in [0, 0.1) is 5.82 Å². The molecule has 1 atom stereocenters. The molecule has 0 saturated heterocycles. The van der Waals surface area contributed by atoms with Crippen LogP contribution >= 0.6 is 11.6 Å². The van der Waals surface area contributed by atoms with Crippen LogP contribution in [-0.4, -0.2) is 5.91 Å². The predicted molar refractivity (Wildman–Crippen MR) is 119 cm³/mol. The number of nitrogens with zero attached hydrogens (tertiary/aromatic N) is 1. The summed E-state index contributed by atoms with van der Waals surface area (Å²) in [5.41, 5.74) is 3.97. The van der Waals surface area contributed by atoms with Gasteiger partial charge in [-0.05, 0) is 57.8 Å². The van der Waals surface area contributed by atoms with Crippen LogP contribution in [0.25, 0.3) is 10.8 Å². The third-order valence-electron chi connectivity index (χ3n) is 5.77. The molecule has 1 amide bonds. The Labute approximate surface area is 179 Å². The van der Waals surface area contributed by atoms with E-state index in [0.29, 0.717) is 18.0 Å². The molecule has 1 unspecified atom stereocenters. The number of amides is 1. The molecule has 0 fully saturated rings. The molecular formula is C26H19ClFNO. The first-order valence-corrected chi connectivity index (χ1v) is 10.3. The number of benzene rings is 4. The Morgan fingerprint density at radius 1 is 0.933 bits per heavy atom. The lowest BCUT2D eigenvalue weighted by Crippen LogP contribution is -2.36. The molecule has 30 heavy (non-hydrogen) atoms. The third-order valence-corrected chi connectivity index (χ3v) is 6.01. The maximum Gasteiger partial charge on any atom is 0.228 e. The quantitative estimate of drug-likeness (QED) is 0.364. The first-order valence-electron chi connectivity index (χ1n) is 9.92. The summed E-state index contributed by atoms with van der Waals surface area (Å²) in [6, 6.07) is 26.4. The van der Waals surface area contributed by atoms with E-state index in [1.807, 2.05) is 47.4 Å². The van der Waals surface area contributed by atoms with Gasteiger partial charge in [-0.1, -0.05) is 66.2 Å². The summed E-state index contributed by atoms with van der Waals surface area (Å²) in [5, 5.41) is 2.94. The number of anilines is 1. The number of rotatable bonds is 3. The molecule has 1 aliphatic heterocycles. The van der Waals surface area contributed by atoms with Crippen LogP contribution in [0.4, 0.5) is 10.1 Å². The fourth-order valence-electron chi connectivity index (χ4n) is 4.36. The van der Waals surface area contributed by atoms with Crippen LogP contribution in [0.15, 0.2) is 84.9 Å². The standard InChI is InChI=1S/C26H19ClFNO/c27-20-6-3-5-19(14-20)23-15-25(30)29(16-17-8-11-21(28)12-9-17)24-13-10-18-4-1-2-7-22(18)26(23)24/h1-14,23H,15-16H2. The van der Waals surface area contributed by atoms with Gasteiger partial charge in [-0.25, -0.2) is 4.39 Å². The summed E-state index contributed by atoms with van der Waals surface area (Å²) in [4.78, 5) is 15.1. The van der Waals surface area contributed by atoms with Gasteiger partial charge in [-0.15, -0.1) is 0 Å². The SMILES string of the molecule is O=C1CC(c2cccc(Cl)c2)c2c(ccc3ccccc23)N1Cc1ccc(F)cc1. The van der Waals surface area contributed by atoms with Crippen LogP contribution in [0.3, 0.4) is 0 Å². The minimum Gasteiger partial charge on any atom is -0.308 e. The number of halogens is 2. The van der Waals surface area contributed by atoms with Crippen molar-refractivity contribution < 1.29 is 9.18 Å². The Hall–Kier alpha value is -3.17. The van der Waals surface area contributed by atoms with Gasteiger partial charge in [0, 0.05) is 23.0 Å². The summed E-state index contributed by atoms with van der Waals surface area (Å²) in [6.07, 6.45) is 0.364. The third kappa shape index (κ3) is 3.35. The van der Waals surface area contributed by atoms with E-state index in [2.05, 4.69) is 18.2 Å². The largest absolute Gasteiger partial charge is 0.308 e. The van der Waals surface area contributed by atoms with E-state index < -0.39 is 0 Å². The van der Waals surface area contributed by atoms with Crippen molar-refractivity contribution >= 4 is 34.0 Å². The van der Waals surface area contributed by atoms with E-state index in [1.165, 1.54) is 12.1 Å². The zero-order valence-corrected chi connectivity index (χ0v) is 16.9. The maximum atomic E-state index is 13.3. The minimum absolute atomic E-state index is 0.0482. The molecule has 0 bridgehead atoms. The normalized spacial score (nSPS) is 16.0. The highest BCUT2D eigenvalue weighted by atomic mass is 35.5. The number of hydrogen-bond acceptors (Lipinski definition) is 1. The lowest BCUT2D eigenvalue weighted by Gasteiger charge is -2.35. The van der Waals surface area contributed by atoms with Crippen molar-refractivity contribution in [2.24, 2.45) is 0 Å². The zero-order chi connectivity index (χ0) is 20.7. The highest BCUT2D eigenvalue weighted by molar-refractivity contribution is 6.30. The van der Waals surface area contributed by atoms with E-state index >= 15 is 0 Å². The zero-order valence-electron chi connectivity index (χ0n) is 16.2. The highest BCUT2D eigenvalue weighted by Crippen LogP contribution is 2.44. The van der Waals surface area contributed by atoms with E-state index in [-0.39, 0.29) is 17.6 Å². The number of carbonyl (C=O) groups excluding carboxylic acids is 1. The predicted octanol–water partition coefficient (Wildman–Crippen LogP) is 6.70. The fraction of sp³-hybridized carbons (Fsp3) is 0.115. The molecule has 0 spiro atoms. The molecule has 0 aromatic heterocycles. The van der Waals surface area contributed by atoms with Gasteiger partial charge < -0.3 is 4.90 Å². The van der Waals surface area contributed by atoms with Gasteiger partial charge in [-0.3, -0.25) is 4.79 Å². The van der Waals surface area contributed by atoms with E-state index in [1.54, 1.807) is 12.1 Å². The molecule has 1 heterocycles.